The third kappa shape index (κ3) is 5.05. The minimum absolute atomic E-state index is 0.0524. The molecule has 41 heavy (non-hydrogen) atoms. The lowest BCUT2D eigenvalue weighted by atomic mass is 9.79. The van der Waals surface area contributed by atoms with E-state index in [-0.39, 0.29) is 23.4 Å². The fraction of sp³-hybridized carbons (Fsp3) is 0.364. The van der Waals surface area contributed by atoms with Gasteiger partial charge in [0, 0.05) is 37.0 Å². The zero-order chi connectivity index (χ0) is 28.6. The van der Waals surface area contributed by atoms with E-state index in [1.165, 1.54) is 29.3 Å². The van der Waals surface area contributed by atoms with E-state index in [1.807, 2.05) is 17.0 Å². The molecule has 2 aromatic carbocycles. The van der Waals surface area contributed by atoms with Crippen LogP contribution in [0, 0.1) is 11.6 Å². The number of carbonyl (C=O) groups excluding carboxylic acids is 2. The smallest absolute Gasteiger partial charge is 0.243 e. The molecule has 2 spiro atoms. The van der Waals surface area contributed by atoms with Crippen molar-refractivity contribution in [1.29, 1.82) is 0 Å². The number of benzene rings is 2. The molecule has 2 N–H and O–H groups in total. The second kappa shape index (κ2) is 10.8. The quantitative estimate of drug-likeness (QED) is 0.466. The van der Waals surface area contributed by atoms with Crippen LogP contribution in [0.15, 0.2) is 66.9 Å². The van der Waals surface area contributed by atoms with Gasteiger partial charge in [-0.2, -0.15) is 0 Å². The normalized spacial score (nSPS) is 24.0. The first-order valence-electron chi connectivity index (χ1n) is 14.3. The molecular weight excluding hydrogens is 522 g/mol. The van der Waals surface area contributed by atoms with Gasteiger partial charge in [0.05, 0.1) is 11.0 Å². The molecule has 2 fully saturated rings. The zero-order valence-corrected chi connectivity index (χ0v) is 23.1. The number of amides is 2. The van der Waals surface area contributed by atoms with Crippen LogP contribution in [0.2, 0.25) is 0 Å². The van der Waals surface area contributed by atoms with Crippen molar-refractivity contribution in [2.75, 3.05) is 18.4 Å². The van der Waals surface area contributed by atoms with Crippen LogP contribution >= 0.6 is 0 Å². The highest BCUT2D eigenvalue weighted by Gasteiger charge is 2.51. The Morgan fingerprint density at radius 1 is 1.00 bits per heavy atom. The van der Waals surface area contributed by atoms with Crippen molar-refractivity contribution in [1.82, 2.24) is 15.2 Å². The summed E-state index contributed by atoms with van der Waals surface area (Å²) in [5, 5.41) is 6.51. The van der Waals surface area contributed by atoms with Crippen LogP contribution in [-0.2, 0) is 27.8 Å². The molecule has 1 aromatic heterocycles. The number of rotatable bonds is 3. The van der Waals surface area contributed by atoms with Crippen molar-refractivity contribution in [3.63, 3.8) is 0 Å². The molecule has 1 saturated heterocycles. The topological polar surface area (TPSA) is 74.3 Å². The van der Waals surface area contributed by atoms with Crippen LogP contribution in [-0.4, -0.2) is 46.4 Å². The Hall–Kier alpha value is -3.91. The van der Waals surface area contributed by atoms with Crippen molar-refractivity contribution in [2.45, 2.75) is 62.4 Å². The average Bonchev–Trinajstić information content (AvgIpc) is 3.66. The highest BCUT2D eigenvalue weighted by molar-refractivity contribution is 6.06. The third-order valence-electron chi connectivity index (χ3n) is 9.00. The maximum absolute atomic E-state index is 13.2. The first-order valence-corrected chi connectivity index (χ1v) is 14.3. The molecular formula is C33H34F2N4O2. The van der Waals surface area contributed by atoms with Crippen molar-refractivity contribution in [2.24, 2.45) is 0 Å². The third-order valence-corrected chi connectivity index (χ3v) is 9.00. The molecule has 3 heterocycles. The van der Waals surface area contributed by atoms with Gasteiger partial charge in [0.15, 0.2) is 0 Å². The van der Waals surface area contributed by atoms with Gasteiger partial charge in [-0.3, -0.25) is 9.59 Å². The summed E-state index contributed by atoms with van der Waals surface area (Å²) in [5.41, 5.74) is 3.72. The minimum atomic E-state index is -0.537. The van der Waals surface area contributed by atoms with Gasteiger partial charge < -0.3 is 15.5 Å². The summed E-state index contributed by atoms with van der Waals surface area (Å²) in [6.45, 7) is 3.61. The number of carbonyl (C=O) groups is 2. The molecule has 7 rings (SSSR count). The van der Waals surface area contributed by atoms with Crippen LogP contribution in [0.4, 0.5) is 14.6 Å². The van der Waals surface area contributed by atoms with E-state index in [9.17, 15) is 18.4 Å². The van der Waals surface area contributed by atoms with E-state index in [1.54, 1.807) is 6.20 Å². The van der Waals surface area contributed by atoms with Gasteiger partial charge in [0.2, 0.25) is 11.8 Å². The SMILES string of the molecule is C[C@H]1CNC2(CCCC2)C(=O)N1C/C=C/c1ccc2c(c1)CC1(C2)C(=O)Nc2ncccc21.Fc1cccc(F)c1. The Morgan fingerprint density at radius 3 is 2.49 bits per heavy atom. The second-order valence-electron chi connectivity index (χ2n) is 11.6. The fourth-order valence-electron chi connectivity index (χ4n) is 6.79. The van der Waals surface area contributed by atoms with Crippen LogP contribution in [0.25, 0.3) is 6.08 Å². The summed E-state index contributed by atoms with van der Waals surface area (Å²) >= 11 is 0. The van der Waals surface area contributed by atoms with E-state index in [0.29, 0.717) is 25.2 Å². The summed E-state index contributed by atoms with van der Waals surface area (Å²) < 4.78 is 23.9. The van der Waals surface area contributed by atoms with Crippen LogP contribution in [0.3, 0.4) is 0 Å². The highest BCUT2D eigenvalue weighted by atomic mass is 19.1. The molecule has 4 aliphatic rings. The molecule has 2 aliphatic carbocycles. The summed E-state index contributed by atoms with van der Waals surface area (Å²) in [4.78, 5) is 32.5. The Balaban J connectivity index is 0.000000328. The van der Waals surface area contributed by atoms with Crippen LogP contribution < -0.4 is 10.6 Å². The lowest BCUT2D eigenvalue weighted by molar-refractivity contribution is -0.143. The number of hydrogen-bond donors (Lipinski definition) is 2. The van der Waals surface area contributed by atoms with E-state index in [4.69, 9.17) is 0 Å². The second-order valence-corrected chi connectivity index (χ2v) is 11.6. The number of anilines is 1. The number of piperazine rings is 1. The molecule has 2 atom stereocenters. The number of aromatic nitrogens is 1. The molecule has 8 heteroatoms. The Bertz CT molecular complexity index is 1500. The minimum Gasteiger partial charge on any atom is -0.333 e. The number of nitrogens with zero attached hydrogens (tertiary/aromatic N) is 2. The Morgan fingerprint density at radius 2 is 1.76 bits per heavy atom. The molecule has 212 valence electrons. The van der Waals surface area contributed by atoms with Crippen molar-refractivity contribution >= 4 is 23.7 Å². The molecule has 6 nitrogen and oxygen atoms in total. The lowest BCUT2D eigenvalue weighted by Crippen LogP contribution is -2.66. The van der Waals surface area contributed by atoms with Crippen molar-refractivity contribution in [3.05, 3.63) is 101 Å². The summed E-state index contributed by atoms with van der Waals surface area (Å²) in [5.74, 6) is -0.0596. The standard InChI is InChI=1S/C27H30N4O2.C6H4F2/c1-18-17-29-27(10-2-3-11-27)25(33)31(18)13-5-6-19-8-9-20-15-26(16-21(20)14-19)22-7-4-12-28-23(22)30-24(26)32;7-5-2-1-3-6(8)4-5/h4-9,12,14,18,29H,2-3,10-11,13,15-17H2,1H3,(H,28,30,32);1-4H/b6-5+;/t18-,26?;/m0./s1. The molecule has 2 amide bonds. The van der Waals surface area contributed by atoms with Gasteiger partial charge >= 0.3 is 0 Å². The van der Waals surface area contributed by atoms with Crippen LogP contribution in [0.1, 0.15) is 54.9 Å². The maximum atomic E-state index is 13.2. The highest BCUT2D eigenvalue weighted by Crippen LogP contribution is 2.46. The van der Waals surface area contributed by atoms with Gasteiger partial charge in [0.25, 0.3) is 0 Å². The zero-order valence-electron chi connectivity index (χ0n) is 23.1. The van der Waals surface area contributed by atoms with E-state index >= 15 is 0 Å². The summed E-state index contributed by atoms with van der Waals surface area (Å²) in [6.07, 6.45) is 11.5. The number of pyridine rings is 1. The van der Waals surface area contributed by atoms with Crippen molar-refractivity contribution < 1.29 is 18.4 Å². The monoisotopic (exact) mass is 556 g/mol. The van der Waals surface area contributed by atoms with E-state index < -0.39 is 17.0 Å². The van der Waals surface area contributed by atoms with Crippen LogP contribution in [0.5, 0.6) is 0 Å². The van der Waals surface area contributed by atoms with Gasteiger partial charge in [-0.05, 0) is 67.5 Å². The van der Waals surface area contributed by atoms with Crippen molar-refractivity contribution in [3.8, 4) is 0 Å². The molecule has 0 radical (unpaired) electrons. The maximum Gasteiger partial charge on any atom is 0.243 e. The lowest BCUT2D eigenvalue weighted by Gasteiger charge is -2.44. The predicted octanol–water partition coefficient (Wildman–Crippen LogP) is 5.18. The van der Waals surface area contributed by atoms with E-state index in [0.717, 1.165) is 49.4 Å². The van der Waals surface area contributed by atoms with Gasteiger partial charge in [0.1, 0.15) is 17.5 Å². The van der Waals surface area contributed by atoms with Gasteiger partial charge in [-0.25, -0.2) is 13.8 Å². The molecule has 1 saturated carbocycles. The molecule has 1 unspecified atom stereocenters. The Kier molecular flexibility index (Phi) is 7.20. The first-order chi connectivity index (χ1) is 19.8. The largest absolute Gasteiger partial charge is 0.333 e. The fourth-order valence-corrected chi connectivity index (χ4v) is 6.79. The molecule has 3 aromatic rings. The summed E-state index contributed by atoms with van der Waals surface area (Å²) in [6, 6.07) is 15.1. The predicted molar refractivity (Wildman–Crippen MR) is 154 cm³/mol. The van der Waals surface area contributed by atoms with Gasteiger partial charge in [-0.15, -0.1) is 0 Å². The molecule has 2 aliphatic heterocycles. The average molecular weight is 557 g/mol. The van der Waals surface area contributed by atoms with E-state index in [2.05, 4.69) is 52.9 Å². The number of fused-ring (bicyclic) bond motifs is 3. The number of nitrogens with one attached hydrogen (secondary N) is 2. The number of hydrogen-bond acceptors (Lipinski definition) is 4. The summed E-state index contributed by atoms with van der Waals surface area (Å²) in [7, 11) is 0. The molecule has 0 bridgehead atoms. The Labute approximate surface area is 238 Å². The van der Waals surface area contributed by atoms with Gasteiger partial charge in [-0.1, -0.05) is 55.3 Å². The first kappa shape index (κ1) is 27.3. The number of halogens is 2.